The zero-order valence-electron chi connectivity index (χ0n) is 11.1. The molecule has 94 valence electrons. The maximum absolute atomic E-state index is 11.4. The van der Waals surface area contributed by atoms with E-state index in [-0.39, 0.29) is 5.92 Å². The van der Waals surface area contributed by atoms with Gasteiger partial charge in [0.15, 0.2) is 0 Å². The number of hydrogen-bond donors (Lipinski definition) is 1. The predicted molar refractivity (Wildman–Crippen MR) is 67.7 cm³/mol. The van der Waals surface area contributed by atoms with Crippen molar-refractivity contribution in [2.24, 2.45) is 5.92 Å². The number of hydrogen-bond acceptors (Lipinski definition) is 2. The summed E-state index contributed by atoms with van der Waals surface area (Å²) in [5, 5.41) is 9.36. The smallest absolute Gasteiger partial charge is 0.311 e. The van der Waals surface area contributed by atoms with Crippen molar-refractivity contribution in [2.75, 3.05) is 7.11 Å². The molecule has 0 saturated heterocycles. The van der Waals surface area contributed by atoms with Crippen LogP contribution in [0.3, 0.4) is 0 Å². The number of aryl methyl sites for hydroxylation is 2. The first kappa shape index (κ1) is 13.6. The maximum Gasteiger partial charge on any atom is 0.311 e. The monoisotopic (exact) mass is 236 g/mol. The lowest BCUT2D eigenvalue weighted by atomic mass is 9.84. The molecule has 3 nitrogen and oxygen atoms in total. The Hall–Kier alpha value is -1.51. The fraction of sp³-hybridized carbons (Fsp3) is 0.500. The van der Waals surface area contributed by atoms with E-state index in [1.807, 2.05) is 39.8 Å². The average molecular weight is 236 g/mol. The minimum absolute atomic E-state index is 0.0304. The van der Waals surface area contributed by atoms with Crippen LogP contribution in [-0.4, -0.2) is 18.2 Å². The summed E-state index contributed by atoms with van der Waals surface area (Å²) in [6.07, 6.45) is 0. The van der Waals surface area contributed by atoms with Crippen molar-refractivity contribution >= 4 is 5.97 Å². The molecule has 0 aliphatic heterocycles. The van der Waals surface area contributed by atoms with Crippen LogP contribution in [0.15, 0.2) is 12.1 Å². The van der Waals surface area contributed by atoms with Crippen molar-refractivity contribution in [3.05, 3.63) is 28.8 Å². The Balaban J connectivity index is 3.41. The van der Waals surface area contributed by atoms with Gasteiger partial charge in [-0.1, -0.05) is 19.9 Å². The Labute approximate surface area is 102 Å². The van der Waals surface area contributed by atoms with Crippen LogP contribution in [0.2, 0.25) is 0 Å². The molecular weight excluding hydrogens is 216 g/mol. The van der Waals surface area contributed by atoms with Crippen LogP contribution in [0.1, 0.15) is 36.5 Å². The molecule has 0 saturated carbocycles. The normalized spacial score (nSPS) is 12.6. The number of rotatable bonds is 4. The third-order valence-electron chi connectivity index (χ3n) is 2.96. The van der Waals surface area contributed by atoms with Crippen molar-refractivity contribution in [3.63, 3.8) is 0 Å². The molecule has 0 bridgehead atoms. The van der Waals surface area contributed by atoms with E-state index in [0.29, 0.717) is 5.75 Å². The minimum atomic E-state index is -0.801. The largest absolute Gasteiger partial charge is 0.496 e. The number of methoxy groups -OCH3 is 1. The highest BCUT2D eigenvalue weighted by Crippen LogP contribution is 2.35. The number of ether oxygens (including phenoxy) is 1. The zero-order chi connectivity index (χ0) is 13.2. The second kappa shape index (κ2) is 5.21. The Morgan fingerprint density at radius 1 is 1.29 bits per heavy atom. The average Bonchev–Trinajstić information content (AvgIpc) is 2.20. The molecule has 0 amide bonds. The quantitative estimate of drug-likeness (QED) is 0.873. The molecule has 0 aromatic heterocycles. The fourth-order valence-corrected chi connectivity index (χ4v) is 2.25. The van der Waals surface area contributed by atoms with Gasteiger partial charge in [-0.3, -0.25) is 4.79 Å². The van der Waals surface area contributed by atoms with Gasteiger partial charge in [-0.2, -0.15) is 0 Å². The van der Waals surface area contributed by atoms with Crippen LogP contribution in [0.4, 0.5) is 0 Å². The lowest BCUT2D eigenvalue weighted by molar-refractivity contribution is -0.139. The molecule has 1 aromatic carbocycles. The summed E-state index contributed by atoms with van der Waals surface area (Å²) in [5.74, 6) is -0.623. The summed E-state index contributed by atoms with van der Waals surface area (Å²) in [5.41, 5.74) is 2.85. The highest BCUT2D eigenvalue weighted by molar-refractivity contribution is 5.78. The number of carbonyl (C=O) groups is 1. The van der Waals surface area contributed by atoms with Gasteiger partial charge in [-0.15, -0.1) is 0 Å². The molecule has 0 heterocycles. The Kier molecular flexibility index (Phi) is 4.16. The van der Waals surface area contributed by atoms with Crippen LogP contribution in [0.25, 0.3) is 0 Å². The number of benzene rings is 1. The van der Waals surface area contributed by atoms with Gasteiger partial charge in [0.1, 0.15) is 5.75 Å². The maximum atomic E-state index is 11.4. The second-order valence-electron chi connectivity index (χ2n) is 4.76. The first-order valence-corrected chi connectivity index (χ1v) is 5.76. The van der Waals surface area contributed by atoms with E-state index < -0.39 is 11.9 Å². The van der Waals surface area contributed by atoms with Gasteiger partial charge in [0, 0.05) is 5.56 Å². The summed E-state index contributed by atoms with van der Waals surface area (Å²) < 4.78 is 5.32. The summed E-state index contributed by atoms with van der Waals surface area (Å²) in [7, 11) is 1.58. The van der Waals surface area contributed by atoms with Crippen LogP contribution in [0.5, 0.6) is 5.75 Å². The van der Waals surface area contributed by atoms with Crippen molar-refractivity contribution < 1.29 is 14.6 Å². The molecule has 0 fully saturated rings. The Morgan fingerprint density at radius 3 is 2.29 bits per heavy atom. The first-order valence-electron chi connectivity index (χ1n) is 5.76. The lowest BCUT2D eigenvalue weighted by Crippen LogP contribution is -2.19. The highest BCUT2D eigenvalue weighted by atomic mass is 16.5. The highest BCUT2D eigenvalue weighted by Gasteiger charge is 2.28. The number of carboxylic acids is 1. The van der Waals surface area contributed by atoms with Crippen LogP contribution in [-0.2, 0) is 4.79 Å². The first-order chi connectivity index (χ1) is 7.88. The van der Waals surface area contributed by atoms with E-state index in [1.54, 1.807) is 7.11 Å². The summed E-state index contributed by atoms with van der Waals surface area (Å²) in [4.78, 5) is 11.4. The molecule has 1 unspecified atom stereocenters. The van der Waals surface area contributed by atoms with Gasteiger partial charge in [0.05, 0.1) is 13.0 Å². The van der Waals surface area contributed by atoms with Crippen molar-refractivity contribution in [2.45, 2.75) is 33.6 Å². The van der Waals surface area contributed by atoms with Crippen LogP contribution >= 0.6 is 0 Å². The molecule has 1 atom stereocenters. The van der Waals surface area contributed by atoms with Gasteiger partial charge in [0.2, 0.25) is 0 Å². The Bertz CT molecular complexity index is 422. The molecule has 3 heteroatoms. The Morgan fingerprint density at radius 2 is 1.88 bits per heavy atom. The molecule has 1 N–H and O–H groups in total. The van der Waals surface area contributed by atoms with E-state index in [9.17, 15) is 9.90 Å². The third-order valence-corrected chi connectivity index (χ3v) is 2.96. The fourth-order valence-electron chi connectivity index (χ4n) is 2.25. The van der Waals surface area contributed by atoms with Crippen LogP contribution < -0.4 is 4.74 Å². The van der Waals surface area contributed by atoms with Gasteiger partial charge in [-0.05, 0) is 37.0 Å². The van der Waals surface area contributed by atoms with Gasteiger partial charge in [0.25, 0.3) is 0 Å². The van der Waals surface area contributed by atoms with E-state index >= 15 is 0 Å². The topological polar surface area (TPSA) is 46.5 Å². The van der Waals surface area contributed by atoms with Gasteiger partial charge >= 0.3 is 5.97 Å². The van der Waals surface area contributed by atoms with Gasteiger partial charge in [-0.25, -0.2) is 0 Å². The van der Waals surface area contributed by atoms with Crippen molar-refractivity contribution in [3.8, 4) is 5.75 Å². The lowest BCUT2D eigenvalue weighted by Gasteiger charge is -2.22. The molecule has 0 radical (unpaired) electrons. The SMILES string of the molecule is COc1cc(C)cc(C)c1C(C(=O)O)C(C)C. The van der Waals surface area contributed by atoms with E-state index in [2.05, 4.69) is 0 Å². The molecule has 0 aliphatic carbocycles. The minimum Gasteiger partial charge on any atom is -0.496 e. The molecule has 1 aromatic rings. The zero-order valence-corrected chi connectivity index (χ0v) is 11.1. The van der Waals surface area contributed by atoms with Crippen molar-refractivity contribution in [1.29, 1.82) is 0 Å². The molecule has 0 spiro atoms. The number of aliphatic carboxylic acids is 1. The number of carboxylic acid groups (broad SMARTS) is 1. The predicted octanol–water partition coefficient (Wildman–Crippen LogP) is 3.14. The van der Waals surface area contributed by atoms with Crippen molar-refractivity contribution in [1.82, 2.24) is 0 Å². The second-order valence-corrected chi connectivity index (χ2v) is 4.76. The van der Waals surface area contributed by atoms with E-state index in [4.69, 9.17) is 4.74 Å². The summed E-state index contributed by atoms with van der Waals surface area (Å²) >= 11 is 0. The molecular formula is C14H20O3. The molecule has 17 heavy (non-hydrogen) atoms. The van der Waals surface area contributed by atoms with Crippen LogP contribution in [0, 0.1) is 19.8 Å². The standard InChI is InChI=1S/C14H20O3/c1-8(2)12(14(15)16)13-10(4)6-9(3)7-11(13)17-5/h6-8,12H,1-5H3,(H,15,16). The summed E-state index contributed by atoms with van der Waals surface area (Å²) in [6.45, 7) is 7.74. The van der Waals surface area contributed by atoms with Gasteiger partial charge < -0.3 is 9.84 Å². The third kappa shape index (κ3) is 2.78. The molecule has 1 rings (SSSR count). The van der Waals surface area contributed by atoms with E-state index in [0.717, 1.165) is 16.7 Å². The molecule has 0 aliphatic rings. The van der Waals surface area contributed by atoms with E-state index in [1.165, 1.54) is 0 Å². The summed E-state index contributed by atoms with van der Waals surface area (Å²) in [6, 6.07) is 3.89.